The van der Waals surface area contributed by atoms with Crippen LogP contribution in [0.25, 0.3) is 0 Å². The molecule has 1 saturated heterocycles. The average molecular weight is 242 g/mol. The lowest BCUT2D eigenvalue weighted by Gasteiger charge is -2.23. The molecule has 1 heterocycles. The van der Waals surface area contributed by atoms with Crippen molar-refractivity contribution in [3.8, 4) is 0 Å². The largest absolute Gasteiger partial charge is 0.335 e. The van der Waals surface area contributed by atoms with Gasteiger partial charge >= 0.3 is 12.3 Å². The van der Waals surface area contributed by atoms with Gasteiger partial charge in [0.15, 0.2) is 0 Å². The topological polar surface area (TPSA) is 32.3 Å². The third-order valence-corrected chi connectivity index (χ3v) is 2.47. The van der Waals surface area contributed by atoms with Gasteiger partial charge in [-0.15, -0.1) is 0 Å². The monoisotopic (exact) mass is 242 g/mol. The number of hydrogen-bond acceptors (Lipinski definition) is 2. The molecule has 0 aliphatic carbocycles. The Morgan fingerprint density at radius 1 is 1.56 bits per heavy atom. The number of nitrogens with zero attached hydrogens (tertiary/aromatic N) is 1. The van der Waals surface area contributed by atoms with E-state index in [2.05, 4.69) is 5.32 Å². The van der Waals surface area contributed by atoms with E-state index in [0.717, 1.165) is 4.90 Å². The Balaban J connectivity index is 2.55. The second-order valence-electron chi connectivity index (χ2n) is 3.72. The fourth-order valence-electron chi connectivity index (χ4n) is 1.66. The van der Waals surface area contributed by atoms with Crippen LogP contribution in [0.1, 0.15) is 13.3 Å². The highest BCUT2D eigenvalue weighted by atomic mass is 19.3. The summed E-state index contributed by atoms with van der Waals surface area (Å²) in [4.78, 5) is 12.3. The maximum absolute atomic E-state index is 12.7. The maximum Gasteiger partial charge on any atom is 0.324 e. The van der Waals surface area contributed by atoms with Crippen LogP contribution in [-0.4, -0.2) is 48.8 Å². The zero-order valence-electron chi connectivity index (χ0n) is 8.85. The van der Waals surface area contributed by atoms with Crippen LogP contribution < -0.4 is 5.32 Å². The van der Waals surface area contributed by atoms with E-state index in [1.54, 1.807) is 6.92 Å². The minimum absolute atomic E-state index is 0.0960. The molecule has 0 saturated carbocycles. The molecular formula is C9H14F4N2O. The Labute approximate surface area is 90.8 Å². The number of alkyl halides is 4. The SMILES string of the molecule is CCNC1CCN(CC(F)(F)C(F)F)C1=O. The molecule has 0 radical (unpaired) electrons. The molecule has 0 aromatic heterocycles. The number of nitrogens with one attached hydrogen (secondary N) is 1. The summed E-state index contributed by atoms with van der Waals surface area (Å²) in [5.41, 5.74) is 0. The van der Waals surface area contributed by atoms with Crippen LogP contribution >= 0.6 is 0 Å². The van der Waals surface area contributed by atoms with Crippen molar-refractivity contribution >= 4 is 5.91 Å². The molecule has 1 N–H and O–H groups in total. The highest BCUT2D eigenvalue weighted by Gasteiger charge is 2.45. The van der Waals surface area contributed by atoms with Gasteiger partial charge in [-0.25, -0.2) is 8.78 Å². The van der Waals surface area contributed by atoms with Gasteiger partial charge in [0, 0.05) is 6.54 Å². The van der Waals surface area contributed by atoms with Crippen LogP contribution in [-0.2, 0) is 4.79 Å². The molecule has 1 aliphatic heterocycles. The van der Waals surface area contributed by atoms with Crippen molar-refractivity contribution in [2.45, 2.75) is 31.7 Å². The molecule has 94 valence electrons. The zero-order chi connectivity index (χ0) is 12.3. The van der Waals surface area contributed by atoms with Crippen LogP contribution in [0.3, 0.4) is 0 Å². The van der Waals surface area contributed by atoms with Crippen molar-refractivity contribution in [3.63, 3.8) is 0 Å². The van der Waals surface area contributed by atoms with E-state index in [0.29, 0.717) is 13.0 Å². The van der Waals surface area contributed by atoms with E-state index in [1.165, 1.54) is 0 Å². The van der Waals surface area contributed by atoms with E-state index in [9.17, 15) is 22.4 Å². The van der Waals surface area contributed by atoms with Crippen LogP contribution in [0.15, 0.2) is 0 Å². The Morgan fingerprint density at radius 3 is 2.69 bits per heavy atom. The molecule has 1 unspecified atom stereocenters. The van der Waals surface area contributed by atoms with Gasteiger partial charge in [0.1, 0.15) is 0 Å². The molecule has 1 amide bonds. The molecule has 0 spiro atoms. The minimum Gasteiger partial charge on any atom is -0.335 e. The number of likely N-dealkylation sites (tertiary alicyclic amines) is 1. The summed E-state index contributed by atoms with van der Waals surface area (Å²) < 4.78 is 49.3. The molecule has 1 rings (SSSR count). The number of amides is 1. The third-order valence-electron chi connectivity index (χ3n) is 2.47. The summed E-state index contributed by atoms with van der Waals surface area (Å²) in [6.45, 7) is 1.21. The molecule has 1 aliphatic rings. The van der Waals surface area contributed by atoms with Crippen molar-refractivity contribution in [2.24, 2.45) is 0 Å². The van der Waals surface area contributed by atoms with Gasteiger partial charge < -0.3 is 10.2 Å². The first kappa shape index (κ1) is 13.2. The van der Waals surface area contributed by atoms with Crippen molar-refractivity contribution in [2.75, 3.05) is 19.6 Å². The standard InChI is InChI=1S/C9H14F4N2O/c1-2-14-6-3-4-15(7(6)16)5-9(12,13)8(10)11/h6,8,14H,2-5H2,1H3. The van der Waals surface area contributed by atoms with Gasteiger partial charge in [-0.1, -0.05) is 6.92 Å². The first-order valence-electron chi connectivity index (χ1n) is 5.06. The van der Waals surface area contributed by atoms with E-state index >= 15 is 0 Å². The number of carbonyl (C=O) groups is 1. The lowest BCUT2D eigenvalue weighted by atomic mass is 10.2. The number of carbonyl (C=O) groups excluding carboxylic acids is 1. The summed E-state index contributed by atoms with van der Waals surface area (Å²) >= 11 is 0. The van der Waals surface area contributed by atoms with E-state index in [1.807, 2.05) is 0 Å². The molecule has 7 heteroatoms. The normalized spacial score (nSPS) is 22.2. The quantitative estimate of drug-likeness (QED) is 0.732. The molecule has 3 nitrogen and oxygen atoms in total. The molecule has 16 heavy (non-hydrogen) atoms. The summed E-state index contributed by atoms with van der Waals surface area (Å²) in [5, 5.41) is 2.82. The van der Waals surface area contributed by atoms with E-state index < -0.39 is 30.8 Å². The number of rotatable bonds is 5. The summed E-state index contributed by atoms with van der Waals surface area (Å²) in [5.74, 6) is -4.65. The molecule has 1 atom stereocenters. The van der Waals surface area contributed by atoms with E-state index in [-0.39, 0.29) is 6.54 Å². The first-order chi connectivity index (χ1) is 7.38. The van der Waals surface area contributed by atoms with Gasteiger partial charge in [-0.2, -0.15) is 8.78 Å². The average Bonchev–Trinajstić information content (AvgIpc) is 2.50. The van der Waals surface area contributed by atoms with Crippen LogP contribution in [0.5, 0.6) is 0 Å². The molecular weight excluding hydrogens is 228 g/mol. The Hall–Kier alpha value is -0.850. The fourth-order valence-corrected chi connectivity index (χ4v) is 1.66. The predicted molar refractivity (Wildman–Crippen MR) is 49.6 cm³/mol. The van der Waals surface area contributed by atoms with Gasteiger partial charge in [0.05, 0.1) is 12.6 Å². The van der Waals surface area contributed by atoms with Gasteiger partial charge in [-0.3, -0.25) is 4.79 Å². The summed E-state index contributed by atoms with van der Waals surface area (Å²) in [6.07, 6.45) is -3.36. The Kier molecular flexibility index (Phi) is 4.12. The molecule has 0 bridgehead atoms. The highest BCUT2D eigenvalue weighted by molar-refractivity contribution is 5.84. The lowest BCUT2D eigenvalue weighted by Crippen LogP contribution is -2.45. The lowest BCUT2D eigenvalue weighted by molar-refractivity contribution is -0.153. The van der Waals surface area contributed by atoms with Gasteiger partial charge in [0.25, 0.3) is 0 Å². The van der Waals surface area contributed by atoms with Crippen molar-refractivity contribution < 1.29 is 22.4 Å². The molecule has 0 aromatic rings. The summed E-state index contributed by atoms with van der Waals surface area (Å²) in [6, 6.07) is -0.515. The zero-order valence-corrected chi connectivity index (χ0v) is 8.85. The number of likely N-dealkylation sites (N-methyl/N-ethyl adjacent to an activating group) is 1. The second kappa shape index (κ2) is 4.99. The number of hydrogen-bond donors (Lipinski definition) is 1. The first-order valence-corrected chi connectivity index (χ1v) is 5.06. The Bertz CT molecular complexity index is 260. The van der Waals surface area contributed by atoms with Crippen LogP contribution in [0, 0.1) is 0 Å². The van der Waals surface area contributed by atoms with Gasteiger partial charge in [-0.05, 0) is 13.0 Å². The maximum atomic E-state index is 12.7. The van der Waals surface area contributed by atoms with Crippen molar-refractivity contribution in [3.05, 3.63) is 0 Å². The highest BCUT2D eigenvalue weighted by Crippen LogP contribution is 2.26. The van der Waals surface area contributed by atoms with Crippen molar-refractivity contribution in [1.82, 2.24) is 10.2 Å². The smallest absolute Gasteiger partial charge is 0.324 e. The third kappa shape index (κ3) is 2.84. The Morgan fingerprint density at radius 2 is 2.19 bits per heavy atom. The predicted octanol–water partition coefficient (Wildman–Crippen LogP) is 1.10. The van der Waals surface area contributed by atoms with Crippen LogP contribution in [0.2, 0.25) is 0 Å². The molecule has 1 fully saturated rings. The number of halogens is 4. The molecule has 0 aromatic carbocycles. The van der Waals surface area contributed by atoms with Crippen LogP contribution in [0.4, 0.5) is 17.6 Å². The second-order valence-corrected chi connectivity index (χ2v) is 3.72. The van der Waals surface area contributed by atoms with E-state index in [4.69, 9.17) is 0 Å². The minimum atomic E-state index is -4.13. The van der Waals surface area contributed by atoms with Gasteiger partial charge in [0.2, 0.25) is 5.91 Å². The summed E-state index contributed by atoms with van der Waals surface area (Å²) in [7, 11) is 0. The fraction of sp³-hybridized carbons (Fsp3) is 0.889. The van der Waals surface area contributed by atoms with Crippen molar-refractivity contribution in [1.29, 1.82) is 0 Å².